The fourth-order valence-corrected chi connectivity index (χ4v) is 7.49. The fraction of sp³-hybridized carbons (Fsp3) is 0.0556. The van der Waals surface area contributed by atoms with Crippen LogP contribution < -0.4 is 81.9 Å². The van der Waals surface area contributed by atoms with Crippen molar-refractivity contribution in [2.45, 2.75) is 12.1 Å². The Bertz CT molecular complexity index is 2730. The molecule has 5 aromatic carbocycles. The number of rotatable bonds is 5. The number of terminal acetylenes is 1. The van der Waals surface area contributed by atoms with Crippen LogP contribution in [0.4, 0.5) is 0 Å². The molecule has 0 heterocycles. The molecule has 6 rings (SSSR count). The molecule has 57 heavy (non-hydrogen) atoms. The first-order valence-corrected chi connectivity index (χ1v) is 16.8. The highest BCUT2D eigenvalue weighted by molar-refractivity contribution is 6.72. The number of benzene rings is 5. The summed E-state index contributed by atoms with van der Waals surface area (Å²) in [5, 5.41) is 0.113. The Kier molecular flexibility index (Phi) is 11.7. The lowest BCUT2D eigenvalue weighted by Crippen LogP contribution is -2.55. The Morgan fingerprint density at radius 2 is 0.895 bits per heavy atom. The largest absolute Gasteiger partial charge is 0.132 e. The van der Waals surface area contributed by atoms with Crippen molar-refractivity contribution in [1.29, 1.82) is 0 Å². The molecule has 1 aliphatic carbocycles. The van der Waals surface area contributed by atoms with Crippen molar-refractivity contribution in [2.24, 2.45) is 0 Å². The summed E-state index contributed by atoms with van der Waals surface area (Å²) in [6, 6.07) is 1.60. The summed E-state index contributed by atoms with van der Waals surface area (Å²) < 4.78 is 0. The smallest absolute Gasteiger partial charge is 0.115 e. The molecule has 0 aliphatic heterocycles. The Morgan fingerprint density at radius 1 is 0.491 bits per heavy atom. The molecule has 1 atom stereocenters. The maximum absolute atomic E-state index is 7.26. The van der Waals surface area contributed by atoms with E-state index in [0.29, 0.717) is 5.56 Å². The van der Waals surface area contributed by atoms with Crippen molar-refractivity contribution in [1.82, 2.24) is 0 Å². The minimum absolute atomic E-state index is 0.00107. The number of hydrogen-bond donors (Lipinski definition) is 0. The van der Waals surface area contributed by atoms with Crippen LogP contribution in [-0.4, -0.2) is 165 Å². The van der Waals surface area contributed by atoms with Crippen molar-refractivity contribution in [2.75, 3.05) is 0 Å². The number of hydrogen-bond acceptors (Lipinski definition) is 0. The van der Waals surface area contributed by atoms with E-state index < -0.39 is 5.82 Å². The molecule has 0 aromatic heterocycles. The van der Waals surface area contributed by atoms with Gasteiger partial charge in [0.2, 0.25) is 0 Å². The van der Waals surface area contributed by atoms with Crippen molar-refractivity contribution in [3.05, 3.63) is 39.3 Å². The summed E-state index contributed by atoms with van der Waals surface area (Å²) >= 11 is 0. The van der Waals surface area contributed by atoms with E-state index in [2.05, 4.69) is 5.92 Å². The van der Waals surface area contributed by atoms with Crippen molar-refractivity contribution in [3.8, 4) is 45.7 Å². The van der Waals surface area contributed by atoms with E-state index in [-0.39, 0.29) is 171 Å². The Labute approximate surface area is 363 Å². The summed E-state index contributed by atoms with van der Waals surface area (Å²) in [7, 11) is 138. The first-order valence-electron chi connectivity index (χ1n) is 16.8. The molecule has 1 unspecified atom stereocenters. The predicted molar refractivity (Wildman–Crippen MR) is 265 cm³/mol. The summed E-state index contributed by atoms with van der Waals surface area (Å²) in [4.78, 5) is 0. The van der Waals surface area contributed by atoms with Gasteiger partial charge in [0.25, 0.3) is 0 Å². The average Bonchev–Trinajstić information content (AvgIpc) is 3.40. The van der Waals surface area contributed by atoms with Gasteiger partial charge in [0.1, 0.15) is 149 Å². The van der Waals surface area contributed by atoms with Gasteiger partial charge in [0.05, 0.1) is 15.7 Å². The van der Waals surface area contributed by atoms with E-state index in [1.54, 1.807) is 6.07 Å². The lowest BCUT2D eigenvalue weighted by atomic mass is 9.56. The predicted octanol–water partition coefficient (Wildman–Crippen LogP) is -11.4. The van der Waals surface area contributed by atoms with Gasteiger partial charge in [-0.1, -0.05) is 67.5 Å². The van der Waals surface area contributed by atoms with E-state index in [1.165, 1.54) is 0 Å². The highest BCUT2D eigenvalue weighted by Crippen LogP contribution is 2.48. The highest BCUT2D eigenvalue weighted by atomic mass is 14.3. The zero-order chi connectivity index (χ0) is 42.6. The first kappa shape index (κ1) is 43.3. The van der Waals surface area contributed by atoms with Crippen molar-refractivity contribution >= 4 is 268 Å². The molecule has 0 amide bonds. The standard InChI is InChI=1S/C36H5B21/c1-2-5-9(17-26(47)33(54)36(57)34(55)27(17)48)14-16(25(46)32(53)31(52)24(14)45)13(10(5)20(41)8(38)4-37)15-11-6(19(40)28(49)21(11)42)3-7(18(15)39)12-22(43)29(50)35(56)30(51)23(12)44/h1,3,19H,4H2/b20-8-. The molecule has 0 N–H and O–H groups in total. The summed E-state index contributed by atoms with van der Waals surface area (Å²) in [5.74, 6) is 1.69. The van der Waals surface area contributed by atoms with E-state index in [4.69, 9.17) is 171 Å². The molecule has 0 fully saturated rings. The zero-order valence-electron chi connectivity index (χ0n) is 30.6. The van der Waals surface area contributed by atoms with Gasteiger partial charge in [0, 0.05) is 11.1 Å². The molecule has 0 saturated carbocycles. The van der Waals surface area contributed by atoms with Crippen molar-refractivity contribution in [3.63, 3.8) is 0 Å². The van der Waals surface area contributed by atoms with Gasteiger partial charge in [-0.3, -0.25) is 0 Å². The van der Waals surface area contributed by atoms with Crippen LogP contribution in [0.1, 0.15) is 28.1 Å². The van der Waals surface area contributed by atoms with Gasteiger partial charge in [-0.2, -0.15) is 0 Å². The first-order chi connectivity index (χ1) is 26.6. The Balaban J connectivity index is 2.07. The molecule has 0 bridgehead atoms. The van der Waals surface area contributed by atoms with E-state index in [9.17, 15) is 0 Å². The molecule has 0 spiro atoms. The summed E-state index contributed by atoms with van der Waals surface area (Å²) in [6.45, 7) is 0. The van der Waals surface area contributed by atoms with Gasteiger partial charge in [-0.25, -0.2) is 0 Å². The molecule has 0 nitrogen and oxygen atoms in total. The van der Waals surface area contributed by atoms with Crippen LogP contribution in [0.3, 0.4) is 0 Å². The van der Waals surface area contributed by atoms with Gasteiger partial charge in [-0.05, 0) is 61.1 Å². The Morgan fingerprint density at radius 3 is 1.33 bits per heavy atom. The molecule has 5 aromatic rings. The van der Waals surface area contributed by atoms with Crippen LogP contribution in [-0.2, 0) is 0 Å². The van der Waals surface area contributed by atoms with E-state index >= 15 is 0 Å². The normalized spacial score (nSPS) is 14.1. The molecule has 0 saturated heterocycles. The maximum atomic E-state index is 7.26. The third-order valence-corrected chi connectivity index (χ3v) is 10.7. The van der Waals surface area contributed by atoms with Crippen LogP contribution in [0.25, 0.3) is 55.1 Å². The maximum Gasteiger partial charge on any atom is 0.115 e. The fourth-order valence-electron chi connectivity index (χ4n) is 7.49. The second kappa shape index (κ2) is 15.4. The molecular formula is C36H5B21. The molecule has 21 heteroatoms. The van der Waals surface area contributed by atoms with Gasteiger partial charge < -0.3 is 0 Å². The third kappa shape index (κ3) is 6.14. The van der Waals surface area contributed by atoms with Gasteiger partial charge in [0.15, 0.2) is 0 Å². The number of allylic oxidation sites excluding steroid dienone is 2. The van der Waals surface area contributed by atoms with Crippen LogP contribution in [0, 0.1) is 12.3 Å². The topological polar surface area (TPSA) is 0 Å². The van der Waals surface area contributed by atoms with Crippen LogP contribution in [0.2, 0.25) is 6.32 Å². The lowest BCUT2D eigenvalue weighted by molar-refractivity contribution is 1.23. The lowest BCUT2D eigenvalue weighted by Gasteiger charge is -2.32. The van der Waals surface area contributed by atoms with E-state index in [1.807, 2.05) is 0 Å². The monoisotopic (exact) mass is 668 g/mol. The van der Waals surface area contributed by atoms with Crippen molar-refractivity contribution < 1.29 is 0 Å². The minimum Gasteiger partial charge on any atom is -0.132 e. The third-order valence-electron chi connectivity index (χ3n) is 10.7. The van der Waals surface area contributed by atoms with Crippen LogP contribution in [0.15, 0.2) is 17.0 Å². The molecule has 1 aliphatic rings. The minimum atomic E-state index is -1.00. The summed E-state index contributed by atoms with van der Waals surface area (Å²) in [5.41, 5.74) is -0.532. The second-order valence-corrected chi connectivity index (χ2v) is 13.6. The number of fused-ring (bicyclic) bond motifs is 2. The van der Waals surface area contributed by atoms with E-state index in [0.717, 1.165) is 0 Å². The van der Waals surface area contributed by atoms with Crippen LogP contribution >= 0.6 is 0 Å². The molecular weight excluding hydrogens is 659 g/mol. The average molecular weight is 664 g/mol. The SMILES string of the molecule is [B]C/C([B])=C(/[B])c1c(C#C)c(-c2c([B])c([B])c([B])c([B])c2[B])c2c([B])c([B])c([B])c([B])c2c1-c1c([B])c(-c2c([B])c([B])c([B])c([B])c2[B])cc2c1C([B])=C([B])C2[B]. The summed E-state index contributed by atoms with van der Waals surface area (Å²) in [6.07, 6.45) is 6.16. The molecule has 42 radical (unpaired) electrons. The van der Waals surface area contributed by atoms with Gasteiger partial charge in [-0.15, -0.1) is 61.1 Å². The Hall–Kier alpha value is -3.24. The van der Waals surface area contributed by atoms with Gasteiger partial charge >= 0.3 is 0 Å². The van der Waals surface area contributed by atoms with Crippen LogP contribution in [0.5, 0.6) is 0 Å². The second-order valence-electron chi connectivity index (χ2n) is 13.6. The molecule has 212 valence electrons. The zero-order valence-corrected chi connectivity index (χ0v) is 30.6. The quantitative estimate of drug-likeness (QED) is 0.130. The highest BCUT2D eigenvalue weighted by Gasteiger charge is 2.33.